The number of carbonyl (C=O) groups is 1. The summed E-state index contributed by atoms with van der Waals surface area (Å²) in [6.07, 6.45) is 2.71. The summed E-state index contributed by atoms with van der Waals surface area (Å²) in [5.74, 6) is 0. The highest BCUT2D eigenvalue weighted by molar-refractivity contribution is 7.87. The minimum atomic E-state index is -3.82. The fourth-order valence-corrected chi connectivity index (χ4v) is 3.59. The molecule has 1 fully saturated rings. The van der Waals surface area contributed by atoms with Crippen molar-refractivity contribution in [2.24, 2.45) is 0 Å². The molecule has 0 spiro atoms. The second-order valence-corrected chi connectivity index (χ2v) is 6.42. The summed E-state index contributed by atoms with van der Waals surface area (Å²) >= 11 is 0. The minimum absolute atomic E-state index is 0.109. The van der Waals surface area contributed by atoms with Gasteiger partial charge in [0.15, 0.2) is 0 Å². The van der Waals surface area contributed by atoms with Crippen LogP contribution in [0.5, 0.6) is 0 Å². The zero-order valence-corrected chi connectivity index (χ0v) is 13.0. The van der Waals surface area contributed by atoms with Crippen LogP contribution in [0.1, 0.15) is 39.5 Å². The van der Waals surface area contributed by atoms with Crippen molar-refractivity contribution >= 4 is 16.3 Å². The lowest BCUT2D eigenvalue weighted by Crippen LogP contribution is -2.53. The van der Waals surface area contributed by atoms with Gasteiger partial charge in [0.1, 0.15) is 0 Å². The third-order valence-corrected chi connectivity index (χ3v) is 4.70. The van der Waals surface area contributed by atoms with Crippen molar-refractivity contribution in [3.8, 4) is 0 Å². The van der Waals surface area contributed by atoms with Crippen LogP contribution in [-0.2, 0) is 14.9 Å². The molecular formula is C12H25N3O4S. The van der Waals surface area contributed by atoms with Gasteiger partial charge in [-0.25, -0.2) is 9.52 Å². The van der Waals surface area contributed by atoms with Crippen LogP contribution in [0.3, 0.4) is 0 Å². The van der Waals surface area contributed by atoms with E-state index in [2.05, 4.69) is 17.0 Å². The van der Waals surface area contributed by atoms with Gasteiger partial charge in [-0.15, -0.1) is 0 Å². The van der Waals surface area contributed by atoms with Crippen molar-refractivity contribution in [1.29, 1.82) is 0 Å². The molecule has 0 aromatic rings. The van der Waals surface area contributed by atoms with Crippen LogP contribution >= 0.6 is 0 Å². The van der Waals surface area contributed by atoms with E-state index in [1.807, 2.05) is 4.72 Å². The molecule has 0 aromatic carbocycles. The Bertz CT molecular complexity index is 400. The fraction of sp³-hybridized carbons (Fsp3) is 0.917. The third-order valence-electron chi connectivity index (χ3n) is 3.18. The molecule has 1 aliphatic heterocycles. The molecule has 1 unspecified atom stereocenters. The number of piperidine rings is 1. The van der Waals surface area contributed by atoms with E-state index in [-0.39, 0.29) is 12.6 Å². The molecule has 0 bridgehead atoms. The van der Waals surface area contributed by atoms with Gasteiger partial charge in [0, 0.05) is 19.1 Å². The van der Waals surface area contributed by atoms with Crippen molar-refractivity contribution in [3.63, 3.8) is 0 Å². The molecule has 1 atom stereocenters. The predicted molar refractivity (Wildman–Crippen MR) is 76.6 cm³/mol. The van der Waals surface area contributed by atoms with E-state index in [9.17, 15) is 13.2 Å². The highest BCUT2D eigenvalue weighted by Crippen LogP contribution is 2.19. The van der Waals surface area contributed by atoms with Gasteiger partial charge in [-0.2, -0.15) is 12.7 Å². The number of hydrogen-bond acceptors (Lipinski definition) is 5. The zero-order valence-electron chi connectivity index (χ0n) is 12.2. The van der Waals surface area contributed by atoms with Gasteiger partial charge in [0.05, 0.1) is 6.61 Å². The van der Waals surface area contributed by atoms with E-state index in [4.69, 9.17) is 0 Å². The van der Waals surface area contributed by atoms with E-state index in [1.54, 1.807) is 6.92 Å². The summed E-state index contributed by atoms with van der Waals surface area (Å²) in [6, 6.07) is -0.109. The fourth-order valence-electron chi connectivity index (χ4n) is 2.26. The summed E-state index contributed by atoms with van der Waals surface area (Å²) in [6.45, 7) is 5.73. The lowest BCUT2D eigenvalue weighted by molar-refractivity contribution is 0.157. The number of rotatable bonds is 7. The minimum Gasteiger partial charge on any atom is -0.449 e. The normalized spacial score (nSPS) is 20.6. The van der Waals surface area contributed by atoms with Crippen molar-refractivity contribution in [2.75, 3.05) is 26.2 Å². The molecule has 1 heterocycles. The van der Waals surface area contributed by atoms with Crippen LogP contribution in [-0.4, -0.2) is 51.1 Å². The van der Waals surface area contributed by atoms with Crippen molar-refractivity contribution in [3.05, 3.63) is 0 Å². The van der Waals surface area contributed by atoms with E-state index in [1.165, 1.54) is 4.31 Å². The van der Waals surface area contributed by atoms with E-state index in [0.29, 0.717) is 13.1 Å². The first kappa shape index (κ1) is 17.2. The first-order valence-corrected chi connectivity index (χ1v) is 8.62. The Balaban J connectivity index is 2.65. The number of carbonyl (C=O) groups excluding carboxylic acids is 1. The molecule has 7 nitrogen and oxygen atoms in total. The number of amides is 1. The van der Waals surface area contributed by atoms with Crippen LogP contribution in [0.4, 0.5) is 4.79 Å². The molecule has 0 aromatic heterocycles. The summed E-state index contributed by atoms with van der Waals surface area (Å²) in [5, 5.41) is 3.24. The third kappa shape index (κ3) is 5.26. The van der Waals surface area contributed by atoms with Gasteiger partial charge >= 0.3 is 16.3 Å². The maximum absolute atomic E-state index is 12.2. The SMILES string of the molecule is CCCNCC1CCCCN1S(=O)(=O)NC(=O)OCC. The monoisotopic (exact) mass is 307 g/mol. The van der Waals surface area contributed by atoms with Crippen LogP contribution in [0, 0.1) is 0 Å². The van der Waals surface area contributed by atoms with Crippen LogP contribution in [0.25, 0.3) is 0 Å². The molecule has 1 aliphatic rings. The lowest BCUT2D eigenvalue weighted by Gasteiger charge is -2.34. The zero-order chi connectivity index (χ0) is 15.0. The van der Waals surface area contributed by atoms with E-state index >= 15 is 0 Å². The first-order valence-electron chi connectivity index (χ1n) is 7.18. The summed E-state index contributed by atoms with van der Waals surface area (Å²) in [7, 11) is -3.82. The Morgan fingerprint density at radius 2 is 2.10 bits per heavy atom. The standard InChI is InChI=1S/C12H25N3O4S/c1-3-8-13-10-11-7-5-6-9-15(11)20(17,18)14-12(16)19-4-2/h11,13H,3-10H2,1-2H3,(H,14,16). The van der Waals surface area contributed by atoms with E-state index in [0.717, 1.165) is 32.2 Å². The Morgan fingerprint density at radius 3 is 2.75 bits per heavy atom. The van der Waals surface area contributed by atoms with Crippen molar-refractivity contribution in [2.45, 2.75) is 45.6 Å². The summed E-state index contributed by atoms with van der Waals surface area (Å²) in [5.41, 5.74) is 0. The average Bonchev–Trinajstić information content (AvgIpc) is 2.39. The second kappa shape index (κ2) is 8.43. The summed E-state index contributed by atoms with van der Waals surface area (Å²) in [4.78, 5) is 11.3. The molecule has 1 amide bonds. The molecule has 20 heavy (non-hydrogen) atoms. The average molecular weight is 307 g/mol. The smallest absolute Gasteiger partial charge is 0.421 e. The molecule has 8 heteroatoms. The Morgan fingerprint density at radius 1 is 1.35 bits per heavy atom. The highest BCUT2D eigenvalue weighted by atomic mass is 32.2. The molecule has 0 aliphatic carbocycles. The lowest BCUT2D eigenvalue weighted by atomic mass is 10.1. The van der Waals surface area contributed by atoms with Gasteiger partial charge in [-0.3, -0.25) is 0 Å². The number of hydrogen-bond donors (Lipinski definition) is 2. The Hall–Kier alpha value is -0.860. The Kier molecular flexibility index (Phi) is 7.25. The number of nitrogens with one attached hydrogen (secondary N) is 2. The maximum atomic E-state index is 12.2. The van der Waals surface area contributed by atoms with E-state index < -0.39 is 16.3 Å². The number of ether oxygens (including phenoxy) is 1. The van der Waals surface area contributed by atoms with Crippen molar-refractivity contribution in [1.82, 2.24) is 14.3 Å². The largest absolute Gasteiger partial charge is 0.449 e. The van der Waals surface area contributed by atoms with Crippen molar-refractivity contribution < 1.29 is 17.9 Å². The topological polar surface area (TPSA) is 87.7 Å². The van der Waals surface area contributed by atoms with Gasteiger partial charge in [-0.05, 0) is 32.7 Å². The summed E-state index contributed by atoms with van der Waals surface area (Å²) < 4.78 is 32.4. The van der Waals surface area contributed by atoms with Gasteiger partial charge in [0.2, 0.25) is 0 Å². The van der Waals surface area contributed by atoms with Crippen LogP contribution in [0.15, 0.2) is 0 Å². The highest BCUT2D eigenvalue weighted by Gasteiger charge is 2.33. The van der Waals surface area contributed by atoms with Crippen LogP contribution < -0.4 is 10.0 Å². The predicted octanol–water partition coefficient (Wildman–Crippen LogP) is 0.831. The molecule has 1 rings (SSSR count). The molecule has 118 valence electrons. The molecule has 0 radical (unpaired) electrons. The van der Waals surface area contributed by atoms with Crippen LogP contribution in [0.2, 0.25) is 0 Å². The molecular weight excluding hydrogens is 282 g/mol. The Labute approximate surface area is 121 Å². The maximum Gasteiger partial charge on any atom is 0.421 e. The molecule has 0 saturated carbocycles. The molecule has 2 N–H and O–H groups in total. The quantitative estimate of drug-likeness (QED) is 0.680. The van der Waals surface area contributed by atoms with Gasteiger partial charge in [-0.1, -0.05) is 13.3 Å². The molecule has 1 saturated heterocycles. The number of nitrogens with zero attached hydrogens (tertiary/aromatic N) is 1. The van der Waals surface area contributed by atoms with Gasteiger partial charge in [0.25, 0.3) is 0 Å². The first-order chi connectivity index (χ1) is 9.51. The second-order valence-electron chi connectivity index (χ2n) is 4.79. The van der Waals surface area contributed by atoms with Gasteiger partial charge < -0.3 is 10.1 Å².